The number of carbonyl (C=O) groups excluding carboxylic acids is 3. The van der Waals surface area contributed by atoms with Crippen molar-refractivity contribution in [3.05, 3.63) is 0 Å². The maximum absolute atomic E-state index is 13.9. The molecule has 1 saturated carbocycles. The quantitative estimate of drug-likeness (QED) is 0.391. The summed E-state index contributed by atoms with van der Waals surface area (Å²) in [5, 5.41) is 12.9. The van der Waals surface area contributed by atoms with Gasteiger partial charge >= 0.3 is 5.92 Å². The number of alkyl halides is 2. The van der Waals surface area contributed by atoms with Crippen LogP contribution in [-0.4, -0.2) is 41.2 Å². The highest BCUT2D eigenvalue weighted by Crippen LogP contribution is 2.37. The number of ketones is 2. The zero-order valence-corrected chi connectivity index (χ0v) is 17.9. The summed E-state index contributed by atoms with van der Waals surface area (Å²) in [5.41, 5.74) is 0. The molecular formula is C22H37F2NO4. The molecule has 0 aliphatic heterocycles. The van der Waals surface area contributed by atoms with E-state index in [1.807, 2.05) is 6.92 Å². The number of aliphatic hydroxyl groups is 1. The van der Waals surface area contributed by atoms with Gasteiger partial charge < -0.3 is 10.4 Å². The van der Waals surface area contributed by atoms with Gasteiger partial charge in [-0.1, -0.05) is 32.6 Å². The predicted molar refractivity (Wildman–Crippen MR) is 108 cm³/mol. The Morgan fingerprint density at radius 3 is 2.41 bits per heavy atom. The molecule has 1 rings (SSSR count). The van der Waals surface area contributed by atoms with Gasteiger partial charge in [-0.2, -0.15) is 8.78 Å². The van der Waals surface area contributed by atoms with Crippen molar-refractivity contribution in [3.8, 4) is 0 Å². The number of amides is 1. The van der Waals surface area contributed by atoms with Gasteiger partial charge in [-0.25, -0.2) is 0 Å². The van der Waals surface area contributed by atoms with Gasteiger partial charge in [0.1, 0.15) is 5.78 Å². The standard InChI is InChI=1S/C22H37F2NO4/c1-3-5-14-22(23,24)20(28)13-12-17-16(18(26)15-19(17)27)10-8-6-7-9-11-21(29)25-4-2/h16-17,19,27H,3-15H2,1-2H3,(H,25,29). The molecule has 0 aromatic heterocycles. The third kappa shape index (κ3) is 8.89. The highest BCUT2D eigenvalue weighted by atomic mass is 19.3. The van der Waals surface area contributed by atoms with Gasteiger partial charge in [0.2, 0.25) is 11.7 Å². The molecule has 168 valence electrons. The lowest BCUT2D eigenvalue weighted by atomic mass is 9.85. The molecule has 0 bridgehead atoms. The van der Waals surface area contributed by atoms with E-state index in [9.17, 15) is 28.3 Å². The van der Waals surface area contributed by atoms with Crippen LogP contribution in [0.2, 0.25) is 0 Å². The fraction of sp³-hybridized carbons (Fsp3) is 0.864. The normalized spacial score (nSPS) is 22.1. The molecule has 0 radical (unpaired) electrons. The molecule has 5 nitrogen and oxygen atoms in total. The number of unbranched alkanes of at least 4 members (excludes halogenated alkanes) is 4. The van der Waals surface area contributed by atoms with Crippen LogP contribution in [0.1, 0.15) is 90.9 Å². The van der Waals surface area contributed by atoms with Crippen LogP contribution < -0.4 is 5.32 Å². The number of hydrogen-bond acceptors (Lipinski definition) is 4. The SMILES string of the molecule is CCCCC(F)(F)C(=O)CCC1C(O)CC(=O)C1CCCCCCC(=O)NCC. The third-order valence-electron chi connectivity index (χ3n) is 5.83. The zero-order chi connectivity index (χ0) is 21.9. The lowest BCUT2D eigenvalue weighted by Gasteiger charge is -2.22. The number of nitrogens with one attached hydrogen (secondary N) is 1. The monoisotopic (exact) mass is 417 g/mol. The minimum absolute atomic E-state index is 0.0324. The Morgan fingerprint density at radius 2 is 1.76 bits per heavy atom. The zero-order valence-electron chi connectivity index (χ0n) is 17.9. The average Bonchev–Trinajstić information content (AvgIpc) is 2.93. The van der Waals surface area contributed by atoms with Crippen molar-refractivity contribution in [1.82, 2.24) is 5.32 Å². The van der Waals surface area contributed by atoms with E-state index in [0.717, 1.165) is 25.7 Å². The van der Waals surface area contributed by atoms with Crippen LogP contribution in [0, 0.1) is 11.8 Å². The van der Waals surface area contributed by atoms with Gasteiger partial charge in [-0.15, -0.1) is 0 Å². The van der Waals surface area contributed by atoms with Crippen LogP contribution in [0.4, 0.5) is 8.78 Å². The largest absolute Gasteiger partial charge is 0.392 e. The van der Waals surface area contributed by atoms with Crippen molar-refractivity contribution >= 4 is 17.5 Å². The van der Waals surface area contributed by atoms with E-state index in [1.165, 1.54) is 0 Å². The molecule has 1 aliphatic rings. The summed E-state index contributed by atoms with van der Waals surface area (Å²) in [4.78, 5) is 35.5. The van der Waals surface area contributed by atoms with Crippen LogP contribution >= 0.6 is 0 Å². The second-order valence-electron chi connectivity index (χ2n) is 8.18. The van der Waals surface area contributed by atoms with Crippen LogP contribution in [0.15, 0.2) is 0 Å². The lowest BCUT2D eigenvalue weighted by Crippen LogP contribution is -2.30. The van der Waals surface area contributed by atoms with Crippen molar-refractivity contribution < 1.29 is 28.3 Å². The molecule has 3 unspecified atom stereocenters. The fourth-order valence-electron chi connectivity index (χ4n) is 4.09. The first-order valence-electron chi connectivity index (χ1n) is 11.1. The first-order chi connectivity index (χ1) is 13.7. The number of hydrogen-bond donors (Lipinski definition) is 2. The number of aliphatic hydroxyl groups excluding tert-OH is 1. The Labute approximate surface area is 173 Å². The topological polar surface area (TPSA) is 83.5 Å². The van der Waals surface area contributed by atoms with Crippen LogP contribution in [0.5, 0.6) is 0 Å². The molecule has 29 heavy (non-hydrogen) atoms. The molecule has 1 fully saturated rings. The fourth-order valence-corrected chi connectivity index (χ4v) is 4.09. The summed E-state index contributed by atoms with van der Waals surface area (Å²) in [5.74, 6) is -5.16. The smallest absolute Gasteiger partial charge is 0.305 e. The van der Waals surface area contributed by atoms with Crippen molar-refractivity contribution in [2.24, 2.45) is 11.8 Å². The Bertz CT molecular complexity index is 539. The Kier molecular flexibility index (Phi) is 11.5. The van der Waals surface area contributed by atoms with Gasteiger partial charge in [-0.3, -0.25) is 14.4 Å². The summed E-state index contributed by atoms with van der Waals surface area (Å²) in [7, 11) is 0. The molecule has 1 amide bonds. The van der Waals surface area contributed by atoms with E-state index < -0.39 is 30.1 Å². The van der Waals surface area contributed by atoms with Crippen LogP contribution in [-0.2, 0) is 14.4 Å². The Balaban J connectivity index is 2.40. The van der Waals surface area contributed by atoms with Crippen molar-refractivity contribution in [3.63, 3.8) is 0 Å². The maximum Gasteiger partial charge on any atom is 0.305 e. The van der Waals surface area contributed by atoms with Crippen molar-refractivity contribution in [2.45, 2.75) is 103 Å². The molecule has 1 aliphatic carbocycles. The highest BCUT2D eigenvalue weighted by molar-refractivity contribution is 5.86. The second kappa shape index (κ2) is 13.0. The Hall–Kier alpha value is -1.37. The predicted octanol–water partition coefficient (Wildman–Crippen LogP) is 4.20. The summed E-state index contributed by atoms with van der Waals surface area (Å²) < 4.78 is 27.7. The van der Waals surface area contributed by atoms with E-state index in [0.29, 0.717) is 32.2 Å². The van der Waals surface area contributed by atoms with Gasteiger partial charge in [0.05, 0.1) is 6.10 Å². The van der Waals surface area contributed by atoms with Crippen molar-refractivity contribution in [1.29, 1.82) is 0 Å². The van der Waals surface area contributed by atoms with Crippen molar-refractivity contribution in [2.75, 3.05) is 6.54 Å². The van der Waals surface area contributed by atoms with E-state index >= 15 is 0 Å². The van der Waals surface area contributed by atoms with E-state index in [1.54, 1.807) is 6.92 Å². The molecule has 0 aromatic rings. The van der Waals surface area contributed by atoms with E-state index in [-0.39, 0.29) is 36.9 Å². The Morgan fingerprint density at radius 1 is 1.07 bits per heavy atom. The highest BCUT2D eigenvalue weighted by Gasteiger charge is 2.43. The molecule has 2 N–H and O–H groups in total. The minimum atomic E-state index is -3.32. The molecule has 0 saturated heterocycles. The first-order valence-corrected chi connectivity index (χ1v) is 11.1. The molecule has 0 aromatic carbocycles. The van der Waals surface area contributed by atoms with Gasteiger partial charge in [0.15, 0.2) is 0 Å². The number of carbonyl (C=O) groups is 3. The second-order valence-corrected chi connectivity index (χ2v) is 8.18. The van der Waals surface area contributed by atoms with Gasteiger partial charge in [0.25, 0.3) is 0 Å². The molecule has 0 heterocycles. The molecular weight excluding hydrogens is 380 g/mol. The first kappa shape index (κ1) is 25.7. The summed E-state index contributed by atoms with van der Waals surface area (Å²) in [6.45, 7) is 4.30. The summed E-state index contributed by atoms with van der Waals surface area (Å²) in [6, 6.07) is 0. The van der Waals surface area contributed by atoms with E-state index in [4.69, 9.17) is 0 Å². The maximum atomic E-state index is 13.9. The number of Topliss-reactive ketones (excluding diaryl/α,β-unsaturated/α-hetero) is 2. The lowest BCUT2D eigenvalue weighted by molar-refractivity contribution is -0.144. The molecule has 3 atom stereocenters. The van der Waals surface area contributed by atoms with Gasteiger partial charge in [0, 0.05) is 38.1 Å². The molecule has 0 spiro atoms. The summed E-state index contributed by atoms with van der Waals surface area (Å²) in [6.07, 6.45) is 3.93. The van der Waals surface area contributed by atoms with Gasteiger partial charge in [-0.05, 0) is 38.5 Å². The molecule has 7 heteroatoms. The average molecular weight is 418 g/mol. The number of halogens is 2. The third-order valence-corrected chi connectivity index (χ3v) is 5.83. The van der Waals surface area contributed by atoms with Crippen LogP contribution in [0.3, 0.4) is 0 Å². The number of rotatable bonds is 15. The van der Waals surface area contributed by atoms with E-state index in [2.05, 4.69) is 5.32 Å². The minimum Gasteiger partial charge on any atom is -0.392 e. The summed E-state index contributed by atoms with van der Waals surface area (Å²) >= 11 is 0. The van der Waals surface area contributed by atoms with Crippen LogP contribution in [0.25, 0.3) is 0 Å².